The zero-order valence-electron chi connectivity index (χ0n) is 16.1. The summed E-state index contributed by atoms with van der Waals surface area (Å²) in [5, 5.41) is 2.92. The van der Waals surface area contributed by atoms with Crippen molar-refractivity contribution in [2.45, 2.75) is 6.92 Å². The van der Waals surface area contributed by atoms with Crippen molar-refractivity contribution in [3.05, 3.63) is 89.0 Å². The molecule has 0 fully saturated rings. The second-order valence-electron chi connectivity index (χ2n) is 6.17. The van der Waals surface area contributed by atoms with Crippen LogP contribution in [0.4, 0.5) is 5.69 Å². The number of rotatable bonds is 4. The van der Waals surface area contributed by atoms with Gasteiger partial charge in [-0.2, -0.15) is 0 Å². The fraction of sp³-hybridized carbons (Fsp3) is 0.125. The average molecular weight is 371 g/mol. The van der Waals surface area contributed by atoms with E-state index in [1.807, 2.05) is 55.5 Å². The number of carbonyl (C=O) groups is 1. The molecule has 140 valence electrons. The molecule has 1 N–H and O–H groups in total. The van der Waals surface area contributed by atoms with E-state index in [2.05, 4.69) is 17.2 Å². The van der Waals surface area contributed by atoms with Gasteiger partial charge in [0.15, 0.2) is 11.5 Å². The number of carbonyl (C=O) groups excluding carboxylic acids is 1. The summed E-state index contributed by atoms with van der Waals surface area (Å²) in [5.41, 5.74) is 3.92. The van der Waals surface area contributed by atoms with Crippen LogP contribution in [0.15, 0.2) is 66.7 Å². The molecule has 0 atom stereocenters. The Kier molecular flexibility index (Phi) is 5.98. The molecule has 1 amide bonds. The third-order valence-corrected chi connectivity index (χ3v) is 4.25. The van der Waals surface area contributed by atoms with E-state index in [0.717, 1.165) is 16.7 Å². The number of nitrogens with one attached hydrogen (secondary N) is 1. The summed E-state index contributed by atoms with van der Waals surface area (Å²) in [5.74, 6) is 7.20. The van der Waals surface area contributed by atoms with E-state index in [1.54, 1.807) is 32.4 Å². The molecular weight excluding hydrogens is 350 g/mol. The van der Waals surface area contributed by atoms with Gasteiger partial charge in [-0.05, 0) is 55.0 Å². The lowest BCUT2D eigenvalue weighted by Crippen LogP contribution is -2.13. The highest BCUT2D eigenvalue weighted by Crippen LogP contribution is 2.33. The Bertz CT molecular complexity index is 1030. The Morgan fingerprint density at radius 3 is 2.00 bits per heavy atom. The number of anilines is 1. The van der Waals surface area contributed by atoms with Gasteiger partial charge in [0.2, 0.25) is 0 Å². The Labute approximate surface area is 165 Å². The number of ether oxygens (including phenoxy) is 2. The Morgan fingerprint density at radius 1 is 0.821 bits per heavy atom. The highest BCUT2D eigenvalue weighted by Gasteiger charge is 2.12. The van der Waals surface area contributed by atoms with Gasteiger partial charge in [0.05, 0.1) is 14.2 Å². The van der Waals surface area contributed by atoms with Crippen LogP contribution in [-0.2, 0) is 0 Å². The van der Waals surface area contributed by atoms with Crippen molar-refractivity contribution in [3.63, 3.8) is 0 Å². The number of aryl methyl sites for hydroxylation is 1. The van der Waals surface area contributed by atoms with Crippen LogP contribution in [0.3, 0.4) is 0 Å². The zero-order chi connectivity index (χ0) is 19.9. The summed E-state index contributed by atoms with van der Waals surface area (Å²) in [6.07, 6.45) is 0. The summed E-state index contributed by atoms with van der Waals surface area (Å²) in [7, 11) is 3.14. The molecule has 4 nitrogen and oxygen atoms in total. The van der Waals surface area contributed by atoms with Crippen LogP contribution in [0.5, 0.6) is 11.5 Å². The first-order chi connectivity index (χ1) is 13.6. The predicted octanol–water partition coefficient (Wildman–Crippen LogP) is 4.66. The molecule has 0 aliphatic rings. The lowest BCUT2D eigenvalue weighted by Gasteiger charge is -2.13. The maximum atomic E-state index is 12.6. The lowest BCUT2D eigenvalue weighted by molar-refractivity contribution is 0.102. The van der Waals surface area contributed by atoms with E-state index in [1.165, 1.54) is 0 Å². The first-order valence-electron chi connectivity index (χ1n) is 8.82. The maximum Gasteiger partial charge on any atom is 0.255 e. The molecule has 4 heteroatoms. The summed E-state index contributed by atoms with van der Waals surface area (Å²) in [6.45, 7) is 1.90. The molecule has 0 saturated carbocycles. The van der Waals surface area contributed by atoms with E-state index in [-0.39, 0.29) is 5.91 Å². The van der Waals surface area contributed by atoms with Gasteiger partial charge in [0.25, 0.3) is 5.91 Å². The number of hydrogen-bond acceptors (Lipinski definition) is 3. The molecule has 0 radical (unpaired) electrons. The summed E-state index contributed by atoms with van der Waals surface area (Å²) in [6, 6.07) is 20.6. The van der Waals surface area contributed by atoms with Gasteiger partial charge >= 0.3 is 0 Å². The molecule has 0 aliphatic carbocycles. The average Bonchev–Trinajstić information content (AvgIpc) is 2.74. The van der Waals surface area contributed by atoms with Gasteiger partial charge < -0.3 is 14.8 Å². The second-order valence-corrected chi connectivity index (χ2v) is 6.17. The zero-order valence-corrected chi connectivity index (χ0v) is 16.1. The number of benzene rings is 3. The van der Waals surface area contributed by atoms with E-state index in [4.69, 9.17) is 9.47 Å². The third-order valence-electron chi connectivity index (χ3n) is 4.25. The fourth-order valence-corrected chi connectivity index (χ4v) is 2.68. The molecule has 0 spiro atoms. The van der Waals surface area contributed by atoms with Crippen molar-refractivity contribution in [2.24, 2.45) is 0 Å². The van der Waals surface area contributed by atoms with E-state index in [9.17, 15) is 4.79 Å². The molecule has 0 saturated heterocycles. The first kappa shape index (κ1) is 19.1. The van der Waals surface area contributed by atoms with Crippen LogP contribution in [0.25, 0.3) is 0 Å². The van der Waals surface area contributed by atoms with Crippen molar-refractivity contribution in [1.29, 1.82) is 0 Å². The third kappa shape index (κ3) is 4.52. The van der Waals surface area contributed by atoms with Crippen LogP contribution in [0.1, 0.15) is 27.0 Å². The molecule has 3 aromatic carbocycles. The Hall–Kier alpha value is -3.71. The number of hydrogen-bond donors (Lipinski definition) is 1. The van der Waals surface area contributed by atoms with E-state index in [0.29, 0.717) is 22.7 Å². The molecule has 3 aromatic rings. The maximum absolute atomic E-state index is 12.6. The fourth-order valence-electron chi connectivity index (χ4n) is 2.68. The van der Waals surface area contributed by atoms with Crippen LogP contribution in [-0.4, -0.2) is 20.1 Å². The van der Waals surface area contributed by atoms with Gasteiger partial charge in [-0.15, -0.1) is 0 Å². The Morgan fingerprint density at radius 2 is 1.39 bits per heavy atom. The normalized spacial score (nSPS) is 9.82. The van der Waals surface area contributed by atoms with Crippen LogP contribution >= 0.6 is 0 Å². The standard InChI is InChI=1S/C24H21NO3/c1-17-15-22(27-2)23(28-3)16-21(17)25-24(26)20-13-11-19(12-14-20)10-9-18-7-5-4-6-8-18/h4-8,11-16H,1-3H3,(H,25,26). The molecular formula is C24H21NO3. The molecule has 3 rings (SSSR count). The van der Waals surface area contributed by atoms with Crippen molar-refractivity contribution < 1.29 is 14.3 Å². The monoisotopic (exact) mass is 371 g/mol. The summed E-state index contributed by atoms with van der Waals surface area (Å²) in [4.78, 5) is 12.6. The van der Waals surface area contributed by atoms with Crippen molar-refractivity contribution in [3.8, 4) is 23.3 Å². The highest BCUT2D eigenvalue weighted by molar-refractivity contribution is 6.04. The molecule has 0 bridgehead atoms. The minimum atomic E-state index is -0.196. The van der Waals surface area contributed by atoms with Gasteiger partial charge in [-0.25, -0.2) is 0 Å². The summed E-state index contributed by atoms with van der Waals surface area (Å²) < 4.78 is 10.6. The van der Waals surface area contributed by atoms with Crippen LogP contribution in [0.2, 0.25) is 0 Å². The van der Waals surface area contributed by atoms with Crippen molar-refractivity contribution >= 4 is 11.6 Å². The lowest BCUT2D eigenvalue weighted by atomic mass is 10.1. The molecule has 0 unspecified atom stereocenters. The predicted molar refractivity (Wildman–Crippen MR) is 111 cm³/mol. The second kappa shape index (κ2) is 8.79. The smallest absolute Gasteiger partial charge is 0.255 e. The highest BCUT2D eigenvalue weighted by atomic mass is 16.5. The number of methoxy groups -OCH3 is 2. The molecule has 0 aliphatic heterocycles. The van der Waals surface area contributed by atoms with Crippen LogP contribution < -0.4 is 14.8 Å². The van der Waals surface area contributed by atoms with Gasteiger partial charge in [-0.1, -0.05) is 30.0 Å². The largest absolute Gasteiger partial charge is 0.493 e. The Balaban J connectivity index is 1.74. The minimum absolute atomic E-state index is 0.196. The van der Waals surface area contributed by atoms with E-state index >= 15 is 0 Å². The summed E-state index contributed by atoms with van der Waals surface area (Å²) >= 11 is 0. The van der Waals surface area contributed by atoms with Gasteiger partial charge in [0.1, 0.15) is 0 Å². The SMILES string of the molecule is COc1cc(C)c(NC(=O)c2ccc(C#Cc3ccccc3)cc2)cc1OC. The van der Waals surface area contributed by atoms with Crippen LogP contribution in [0, 0.1) is 18.8 Å². The first-order valence-corrected chi connectivity index (χ1v) is 8.82. The topological polar surface area (TPSA) is 47.6 Å². The quantitative estimate of drug-likeness (QED) is 0.678. The van der Waals surface area contributed by atoms with E-state index < -0.39 is 0 Å². The van der Waals surface area contributed by atoms with Crippen molar-refractivity contribution in [2.75, 3.05) is 19.5 Å². The van der Waals surface area contributed by atoms with Gasteiger partial charge in [-0.3, -0.25) is 4.79 Å². The van der Waals surface area contributed by atoms with Gasteiger partial charge in [0, 0.05) is 28.4 Å². The molecule has 0 aromatic heterocycles. The number of amides is 1. The molecule has 0 heterocycles. The minimum Gasteiger partial charge on any atom is -0.493 e. The molecule has 28 heavy (non-hydrogen) atoms. The van der Waals surface area contributed by atoms with Crippen molar-refractivity contribution in [1.82, 2.24) is 0 Å².